The Morgan fingerprint density at radius 3 is 2.39 bits per heavy atom. The second kappa shape index (κ2) is 13.0. The third kappa shape index (κ3) is 5.16. The number of rotatable bonds is 10. The number of ketones is 1. The number of nitroso groups, excluding NO2 is 1. The number of carbonyl (C=O) groups is 1. The van der Waals surface area contributed by atoms with Gasteiger partial charge in [-0.1, -0.05) is 13.8 Å². The molecular formula is C27H37NO8S2. The van der Waals surface area contributed by atoms with Crippen molar-refractivity contribution in [3.8, 4) is 11.5 Å². The second-order valence-corrected chi connectivity index (χ2v) is 11.2. The highest BCUT2D eigenvalue weighted by Gasteiger charge is 2.65. The molecule has 2 bridgehead atoms. The third-order valence-corrected chi connectivity index (χ3v) is 9.63. The van der Waals surface area contributed by atoms with Crippen molar-refractivity contribution in [3.63, 3.8) is 0 Å². The fourth-order valence-corrected chi connectivity index (χ4v) is 7.31. The minimum atomic E-state index is -0.654. The molecule has 210 valence electrons. The zero-order chi connectivity index (χ0) is 28.2. The van der Waals surface area contributed by atoms with Gasteiger partial charge in [0.05, 0.1) is 24.7 Å². The molecule has 2 heterocycles. The highest BCUT2D eigenvalue weighted by molar-refractivity contribution is 8.16. The summed E-state index contributed by atoms with van der Waals surface area (Å²) < 4.78 is 28.5. The minimum Gasteiger partial charge on any atom is -0.506 e. The van der Waals surface area contributed by atoms with Crippen molar-refractivity contribution in [1.82, 2.24) is 0 Å². The van der Waals surface area contributed by atoms with Crippen LogP contribution in [-0.4, -0.2) is 80.0 Å². The minimum absolute atomic E-state index is 0.00301. The van der Waals surface area contributed by atoms with Crippen LogP contribution in [-0.2, 0) is 25.4 Å². The van der Waals surface area contributed by atoms with Crippen LogP contribution in [0.25, 0.3) is 10.8 Å². The maximum absolute atomic E-state index is 12.3. The van der Waals surface area contributed by atoms with Gasteiger partial charge in [0.15, 0.2) is 5.78 Å². The molecule has 1 N–H and O–H groups in total. The van der Waals surface area contributed by atoms with Gasteiger partial charge in [0.1, 0.15) is 40.1 Å². The molecule has 2 aromatic carbocycles. The Morgan fingerprint density at radius 2 is 1.89 bits per heavy atom. The maximum Gasteiger partial charge on any atom is 0.219 e. The van der Waals surface area contributed by atoms with Crippen LogP contribution in [0.1, 0.15) is 41.8 Å². The summed E-state index contributed by atoms with van der Waals surface area (Å²) >= 11 is 3.45. The van der Waals surface area contributed by atoms with Crippen molar-refractivity contribution in [1.29, 1.82) is 0 Å². The number of Topliss-reactive ketones (excluding diaryl/α,β-unsaturated/α-hetero) is 1. The number of methoxy groups -OCH3 is 3. The van der Waals surface area contributed by atoms with E-state index >= 15 is 0 Å². The van der Waals surface area contributed by atoms with Crippen LogP contribution >= 0.6 is 23.5 Å². The number of aromatic hydroxyl groups is 1. The predicted octanol–water partition coefficient (Wildman–Crippen LogP) is 5.61. The molecule has 2 aromatic rings. The fraction of sp³-hybridized carbons (Fsp3) is 0.593. The Labute approximate surface area is 232 Å². The van der Waals surface area contributed by atoms with E-state index in [-0.39, 0.29) is 57.5 Å². The van der Waals surface area contributed by atoms with Crippen molar-refractivity contribution >= 4 is 45.8 Å². The lowest BCUT2D eigenvalue weighted by Crippen LogP contribution is -2.54. The molecule has 2 saturated heterocycles. The normalized spacial score (nSPS) is 24.0. The molecule has 0 spiro atoms. The molecule has 0 aliphatic carbocycles. The summed E-state index contributed by atoms with van der Waals surface area (Å²) in [5.74, 6) is -0.513. The van der Waals surface area contributed by atoms with E-state index in [9.17, 15) is 14.8 Å². The lowest BCUT2D eigenvalue weighted by atomic mass is 9.91. The molecule has 9 nitrogen and oxygen atoms in total. The molecule has 0 amide bonds. The Bertz CT molecular complexity index is 1170. The van der Waals surface area contributed by atoms with E-state index in [0.29, 0.717) is 29.7 Å². The van der Waals surface area contributed by atoms with Gasteiger partial charge in [0, 0.05) is 31.6 Å². The molecule has 4 atom stereocenters. The summed E-state index contributed by atoms with van der Waals surface area (Å²) in [7, 11) is 4.90. The van der Waals surface area contributed by atoms with Gasteiger partial charge in [-0.25, -0.2) is 0 Å². The number of benzene rings is 2. The lowest BCUT2D eigenvalue weighted by molar-refractivity contribution is -0.205. The molecule has 38 heavy (non-hydrogen) atoms. The SMILES string of the molecule is CCC(=O)c1c(CC)c(OC)c2cc(C)cc(N=O)c2c1O.COC1C2COC(C(SC)SC)(O2)C1OC. The van der Waals surface area contributed by atoms with Gasteiger partial charge in [0.2, 0.25) is 5.79 Å². The number of phenols is 1. The molecule has 11 heteroatoms. The predicted molar refractivity (Wildman–Crippen MR) is 152 cm³/mol. The first-order valence-corrected chi connectivity index (χ1v) is 15.0. The summed E-state index contributed by atoms with van der Waals surface area (Å²) in [6.07, 6.45) is 4.72. The first-order chi connectivity index (χ1) is 18.2. The van der Waals surface area contributed by atoms with Crippen LogP contribution in [0.5, 0.6) is 11.5 Å². The molecule has 0 radical (unpaired) electrons. The first-order valence-electron chi connectivity index (χ1n) is 12.4. The number of aryl methyl sites for hydroxylation is 1. The molecule has 4 rings (SSSR count). The number of nitrogens with zero attached hydrogens (tertiary/aromatic N) is 1. The molecule has 4 unspecified atom stereocenters. The number of fused-ring (bicyclic) bond motifs is 3. The quantitative estimate of drug-likeness (QED) is 0.221. The molecular weight excluding hydrogens is 530 g/mol. The standard InChI is InChI=1S/C17H19NO4.C10H18O4S2/c1-5-10-15(13(19)6-2)16(20)14-11(17(10)22-4)7-9(3)8-12(14)18-21;1-11-7-6-5-13-10(14-6,8(7)12-2)9(15-3)16-4/h7-8,20H,5-6H2,1-4H3;6-9H,5H2,1-4H3. The van der Waals surface area contributed by atoms with Gasteiger partial charge in [-0.2, -0.15) is 0 Å². The molecule has 0 saturated carbocycles. The number of hydrogen-bond acceptors (Lipinski definition) is 11. The third-order valence-electron chi connectivity index (χ3n) is 6.96. The van der Waals surface area contributed by atoms with Gasteiger partial charge in [-0.15, -0.1) is 28.4 Å². The van der Waals surface area contributed by atoms with E-state index in [4.69, 9.17) is 23.7 Å². The van der Waals surface area contributed by atoms with Gasteiger partial charge >= 0.3 is 0 Å². The van der Waals surface area contributed by atoms with Crippen LogP contribution in [0.4, 0.5) is 5.69 Å². The fourth-order valence-electron chi connectivity index (χ4n) is 5.37. The Balaban J connectivity index is 0.000000221. The Kier molecular flexibility index (Phi) is 10.5. The van der Waals surface area contributed by atoms with Crippen molar-refractivity contribution < 1.29 is 33.6 Å². The number of phenolic OH excluding ortho intramolecular Hbond substituents is 1. The summed E-state index contributed by atoms with van der Waals surface area (Å²) in [4.78, 5) is 23.4. The van der Waals surface area contributed by atoms with Crippen LogP contribution in [0, 0.1) is 11.8 Å². The Hall–Kier alpha value is -1.89. The molecule has 0 aromatic heterocycles. The van der Waals surface area contributed by atoms with E-state index in [1.54, 1.807) is 50.7 Å². The number of ether oxygens (including phenoxy) is 5. The van der Waals surface area contributed by atoms with Crippen molar-refractivity contribution in [2.75, 3.05) is 40.4 Å². The van der Waals surface area contributed by atoms with Crippen molar-refractivity contribution in [2.24, 2.45) is 5.18 Å². The highest BCUT2D eigenvalue weighted by atomic mass is 32.2. The van der Waals surface area contributed by atoms with E-state index in [1.165, 1.54) is 7.11 Å². The second-order valence-electron chi connectivity index (χ2n) is 9.01. The van der Waals surface area contributed by atoms with E-state index in [1.807, 2.05) is 19.9 Å². The maximum atomic E-state index is 12.3. The van der Waals surface area contributed by atoms with E-state index in [2.05, 4.69) is 17.7 Å². The number of thioether (sulfide) groups is 2. The largest absolute Gasteiger partial charge is 0.506 e. The first kappa shape index (κ1) is 30.6. The molecule has 2 aliphatic heterocycles. The summed E-state index contributed by atoms with van der Waals surface area (Å²) in [5, 5.41) is 14.5. The van der Waals surface area contributed by atoms with Crippen LogP contribution in [0.3, 0.4) is 0 Å². The summed E-state index contributed by atoms with van der Waals surface area (Å²) in [6.45, 7) is 6.05. The van der Waals surface area contributed by atoms with Gasteiger partial charge in [-0.05, 0) is 48.7 Å². The zero-order valence-corrected chi connectivity index (χ0v) is 24.8. The smallest absolute Gasteiger partial charge is 0.219 e. The molecule has 2 fully saturated rings. The summed E-state index contributed by atoms with van der Waals surface area (Å²) in [5.41, 5.74) is 1.82. The van der Waals surface area contributed by atoms with Gasteiger partial charge < -0.3 is 28.8 Å². The van der Waals surface area contributed by atoms with Crippen molar-refractivity contribution in [3.05, 3.63) is 33.7 Å². The molecule has 2 aliphatic rings. The number of carbonyl (C=O) groups excluding carboxylic acids is 1. The van der Waals surface area contributed by atoms with Crippen LogP contribution < -0.4 is 4.74 Å². The number of hydrogen-bond donors (Lipinski definition) is 1. The van der Waals surface area contributed by atoms with Crippen LogP contribution in [0.2, 0.25) is 0 Å². The Morgan fingerprint density at radius 1 is 1.21 bits per heavy atom. The summed E-state index contributed by atoms with van der Waals surface area (Å²) in [6, 6.07) is 3.41. The monoisotopic (exact) mass is 567 g/mol. The van der Waals surface area contributed by atoms with Gasteiger partial charge in [-0.3, -0.25) is 4.79 Å². The lowest BCUT2D eigenvalue weighted by Gasteiger charge is -2.38. The zero-order valence-electron chi connectivity index (χ0n) is 23.2. The topological polar surface area (TPSA) is 113 Å². The average molecular weight is 568 g/mol. The van der Waals surface area contributed by atoms with E-state index < -0.39 is 5.79 Å². The van der Waals surface area contributed by atoms with Crippen LogP contribution in [0.15, 0.2) is 17.3 Å². The highest BCUT2D eigenvalue weighted by Crippen LogP contribution is 2.50. The van der Waals surface area contributed by atoms with E-state index in [0.717, 1.165) is 5.56 Å². The van der Waals surface area contributed by atoms with Gasteiger partial charge in [0.25, 0.3) is 0 Å². The van der Waals surface area contributed by atoms with Crippen molar-refractivity contribution in [2.45, 2.75) is 62.3 Å². The average Bonchev–Trinajstić information content (AvgIpc) is 3.49.